The lowest BCUT2D eigenvalue weighted by Gasteiger charge is -2.28. The Morgan fingerprint density at radius 2 is 0.722 bits per heavy atom. The van der Waals surface area contributed by atoms with E-state index in [4.69, 9.17) is 18.5 Å². The maximum absolute atomic E-state index is 12.8. The molecule has 0 aliphatic rings. The summed E-state index contributed by atoms with van der Waals surface area (Å²) in [5.41, 5.74) is 0. The van der Waals surface area contributed by atoms with E-state index in [1.54, 1.807) is 0 Å². The van der Waals surface area contributed by atoms with Crippen LogP contribution < -0.4 is 4.89 Å². The van der Waals surface area contributed by atoms with Crippen LogP contribution in [0.25, 0.3) is 0 Å². The van der Waals surface area contributed by atoms with Crippen LogP contribution in [0.5, 0.6) is 0 Å². The second kappa shape index (κ2) is 58.8. The smallest absolute Gasteiger partial charge is 0.306 e. The number of rotatable bonds is 56. The molecule has 0 bridgehead atoms. The molecule has 0 saturated heterocycles. The van der Waals surface area contributed by atoms with Gasteiger partial charge in [0.25, 0.3) is 7.82 Å². The highest BCUT2D eigenvalue weighted by Gasteiger charge is 2.22. The minimum atomic E-state index is -4.65. The molecule has 0 rings (SSSR count). The van der Waals surface area contributed by atoms with Gasteiger partial charge in [0.15, 0.2) is 6.10 Å². The molecule has 0 fully saturated rings. The second-order valence-electron chi connectivity index (χ2n) is 21.7. The number of phosphoric acid groups is 1. The summed E-state index contributed by atoms with van der Waals surface area (Å²) in [6.45, 7) is 4.09. The van der Waals surface area contributed by atoms with Crippen LogP contribution in [0.15, 0.2) is 134 Å². The quantitative estimate of drug-likeness (QED) is 0.0195. The third kappa shape index (κ3) is 63.2. The fraction of sp³-hybridized carbons (Fsp3) is 0.652. The van der Waals surface area contributed by atoms with Gasteiger partial charge in [0.1, 0.15) is 19.8 Å². The number of likely N-dealkylation sites (N-methyl/N-ethyl adjacent to an activating group) is 1. The summed E-state index contributed by atoms with van der Waals surface area (Å²) in [7, 11) is 1.14. The molecule has 0 radical (unpaired) electrons. The number of esters is 2. The Hall–Kier alpha value is -3.85. The molecule has 9 nitrogen and oxygen atoms in total. The molecule has 10 heteroatoms. The van der Waals surface area contributed by atoms with Crippen molar-refractivity contribution < 1.29 is 42.1 Å². The van der Waals surface area contributed by atoms with E-state index in [0.29, 0.717) is 17.4 Å². The Morgan fingerprint density at radius 1 is 0.405 bits per heavy atom. The zero-order chi connectivity index (χ0) is 57.7. The number of carbonyl (C=O) groups excluding carboxylic acids is 2. The third-order valence-corrected chi connectivity index (χ3v) is 13.9. The Labute approximate surface area is 485 Å². The van der Waals surface area contributed by atoms with Gasteiger partial charge in [-0.3, -0.25) is 14.2 Å². The van der Waals surface area contributed by atoms with Crippen LogP contribution in [-0.2, 0) is 32.7 Å². The van der Waals surface area contributed by atoms with Crippen molar-refractivity contribution >= 4 is 19.8 Å². The largest absolute Gasteiger partial charge is 0.756 e. The van der Waals surface area contributed by atoms with Gasteiger partial charge in [-0.2, -0.15) is 0 Å². The third-order valence-electron chi connectivity index (χ3n) is 12.9. The van der Waals surface area contributed by atoms with Gasteiger partial charge >= 0.3 is 11.9 Å². The number of carbonyl (C=O) groups is 2. The molecule has 0 saturated carbocycles. The van der Waals surface area contributed by atoms with E-state index in [2.05, 4.69) is 148 Å². The van der Waals surface area contributed by atoms with Crippen LogP contribution in [0.4, 0.5) is 0 Å². The molecule has 0 spiro atoms. The zero-order valence-electron chi connectivity index (χ0n) is 51.0. The molecule has 2 atom stereocenters. The topological polar surface area (TPSA) is 111 Å². The fourth-order valence-corrected chi connectivity index (χ4v) is 8.82. The fourth-order valence-electron chi connectivity index (χ4n) is 8.09. The number of nitrogens with zero attached hydrogens (tertiary/aromatic N) is 1. The van der Waals surface area contributed by atoms with Gasteiger partial charge in [-0.05, 0) is 116 Å². The summed E-state index contributed by atoms with van der Waals surface area (Å²) < 4.78 is 34.2. The van der Waals surface area contributed by atoms with Gasteiger partial charge in [0.2, 0.25) is 0 Å². The van der Waals surface area contributed by atoms with Gasteiger partial charge in [-0.1, -0.05) is 244 Å². The summed E-state index contributed by atoms with van der Waals surface area (Å²) in [5.74, 6) is -0.861. The van der Waals surface area contributed by atoms with E-state index < -0.39 is 32.5 Å². The van der Waals surface area contributed by atoms with Crippen LogP contribution in [0.3, 0.4) is 0 Å². The molecular weight excluding hydrogens is 1000 g/mol. The molecule has 0 heterocycles. The van der Waals surface area contributed by atoms with E-state index in [9.17, 15) is 19.0 Å². The number of phosphoric ester groups is 1. The molecule has 0 aromatic heterocycles. The monoisotopic (exact) mass is 1120 g/mol. The Morgan fingerprint density at radius 3 is 1.09 bits per heavy atom. The van der Waals surface area contributed by atoms with E-state index in [1.165, 1.54) is 70.6 Å². The highest BCUT2D eigenvalue weighted by Crippen LogP contribution is 2.38. The minimum absolute atomic E-state index is 0.0411. The molecule has 2 unspecified atom stereocenters. The number of quaternary nitrogens is 1. The molecule has 0 aliphatic carbocycles. The molecule has 450 valence electrons. The summed E-state index contributed by atoms with van der Waals surface area (Å²) in [4.78, 5) is 37.9. The van der Waals surface area contributed by atoms with Crippen molar-refractivity contribution in [2.45, 2.75) is 245 Å². The second-order valence-corrected chi connectivity index (χ2v) is 23.1. The van der Waals surface area contributed by atoms with Crippen molar-refractivity contribution in [1.82, 2.24) is 0 Å². The number of ether oxygens (including phenoxy) is 2. The van der Waals surface area contributed by atoms with Crippen molar-refractivity contribution in [3.8, 4) is 0 Å². The SMILES string of the molecule is CC/C=C\C/C=C\C/C=C\C/C=C\C/C=C\C/C=C\C/C=C\C/C=C\C/C=C\C/C=C\CCCCCCCCC(=O)OC(COC(=O)CCCCCCCCC/C=C\CCCCCCCCC)COP(=O)([O-])OCC[N+](C)(C)C. The highest BCUT2D eigenvalue weighted by molar-refractivity contribution is 7.45. The average molecular weight is 1120 g/mol. The summed E-state index contributed by atoms with van der Waals surface area (Å²) in [5, 5.41) is 0. The van der Waals surface area contributed by atoms with E-state index in [-0.39, 0.29) is 26.1 Å². The number of unbranched alkanes of at least 4 members (excludes halogenated alkanes) is 20. The normalized spacial score (nSPS) is 14.2. The number of hydrogen-bond donors (Lipinski definition) is 0. The molecule has 0 aliphatic heterocycles. The van der Waals surface area contributed by atoms with E-state index in [0.717, 1.165) is 135 Å². The van der Waals surface area contributed by atoms with Crippen molar-refractivity contribution in [2.75, 3.05) is 47.5 Å². The first-order valence-electron chi connectivity index (χ1n) is 31.4. The van der Waals surface area contributed by atoms with Crippen LogP contribution in [0.2, 0.25) is 0 Å². The van der Waals surface area contributed by atoms with Crippen molar-refractivity contribution in [2.24, 2.45) is 0 Å². The Balaban J connectivity index is 4.19. The van der Waals surface area contributed by atoms with Crippen molar-refractivity contribution in [3.05, 3.63) is 134 Å². The van der Waals surface area contributed by atoms with E-state index >= 15 is 0 Å². The first kappa shape index (κ1) is 75.2. The summed E-state index contributed by atoms with van der Waals surface area (Å²) in [6.07, 6.45) is 85.0. The maximum atomic E-state index is 12.8. The standard InChI is InChI=1S/C69H116NO8P/c1-6-8-10-12-14-16-18-20-22-24-26-27-28-29-30-31-32-33-34-35-36-37-38-39-40-41-42-43-44-46-48-50-52-54-56-58-60-62-69(72)78-67(66-77-79(73,74)76-64-63-70(3,4)5)65-75-68(71)61-59-57-55-53-51-49-47-45-25-23-21-19-17-15-13-11-9-7-2/h8,10,14,16,20,22-23,25-27,29-30,32-33,35-36,38-39,41-42,44,46,67H,6-7,9,11-13,15,17-19,21,24,28,31,34,37,40,43,45,47-66H2,1-5H3/b10-8-,16-14-,22-20-,25-23-,27-26-,30-29-,33-32-,36-35-,39-38-,42-41-,46-44-. The molecule has 0 aromatic rings. The number of allylic oxidation sites excluding steroid dienone is 22. The maximum Gasteiger partial charge on any atom is 0.306 e. The average Bonchev–Trinajstić information content (AvgIpc) is 3.41. The minimum Gasteiger partial charge on any atom is -0.756 e. The van der Waals surface area contributed by atoms with E-state index in [1.807, 2.05) is 21.1 Å². The van der Waals surface area contributed by atoms with Crippen molar-refractivity contribution in [3.63, 3.8) is 0 Å². The first-order valence-corrected chi connectivity index (χ1v) is 32.9. The molecule has 79 heavy (non-hydrogen) atoms. The molecular formula is C69H116NO8P. The van der Waals surface area contributed by atoms with Gasteiger partial charge < -0.3 is 27.9 Å². The highest BCUT2D eigenvalue weighted by atomic mass is 31.2. The Kier molecular flexibility index (Phi) is 55.9. The van der Waals surface area contributed by atoms with Gasteiger partial charge in [0, 0.05) is 12.8 Å². The predicted octanol–water partition coefficient (Wildman–Crippen LogP) is 19.5. The lowest BCUT2D eigenvalue weighted by molar-refractivity contribution is -0.870. The van der Waals surface area contributed by atoms with Gasteiger partial charge in [-0.15, -0.1) is 0 Å². The molecule has 0 aromatic carbocycles. The van der Waals surface area contributed by atoms with Crippen LogP contribution >= 0.6 is 7.82 Å². The van der Waals surface area contributed by atoms with Crippen LogP contribution in [0, 0.1) is 0 Å². The lowest BCUT2D eigenvalue weighted by Crippen LogP contribution is -2.37. The van der Waals surface area contributed by atoms with Crippen molar-refractivity contribution in [1.29, 1.82) is 0 Å². The van der Waals surface area contributed by atoms with Gasteiger partial charge in [-0.25, -0.2) is 0 Å². The van der Waals surface area contributed by atoms with Gasteiger partial charge in [0.05, 0.1) is 27.7 Å². The lowest BCUT2D eigenvalue weighted by atomic mass is 10.1. The predicted molar refractivity (Wildman–Crippen MR) is 337 cm³/mol. The van der Waals surface area contributed by atoms with Crippen LogP contribution in [0.1, 0.15) is 239 Å². The first-order chi connectivity index (χ1) is 38.5. The summed E-state index contributed by atoms with van der Waals surface area (Å²) in [6, 6.07) is 0. The number of hydrogen-bond acceptors (Lipinski definition) is 8. The van der Waals surface area contributed by atoms with Crippen LogP contribution in [-0.4, -0.2) is 70.0 Å². The molecule has 0 amide bonds. The summed E-state index contributed by atoms with van der Waals surface area (Å²) >= 11 is 0. The zero-order valence-corrected chi connectivity index (χ0v) is 51.9. The Bertz CT molecular complexity index is 1790. The molecule has 0 N–H and O–H groups in total.